The van der Waals surface area contributed by atoms with Gasteiger partial charge in [0.05, 0.1) is 6.61 Å². The quantitative estimate of drug-likeness (QED) is 0.648. The van der Waals surface area contributed by atoms with Crippen molar-refractivity contribution in [3.63, 3.8) is 0 Å². The van der Waals surface area contributed by atoms with Crippen molar-refractivity contribution in [2.24, 2.45) is 0 Å². The van der Waals surface area contributed by atoms with Crippen LogP contribution in [0.5, 0.6) is 11.5 Å². The monoisotopic (exact) mass is 276 g/mol. The van der Waals surface area contributed by atoms with Crippen LogP contribution in [0.2, 0.25) is 0 Å². The lowest BCUT2D eigenvalue weighted by molar-refractivity contribution is -0.122. The van der Waals surface area contributed by atoms with E-state index in [1.54, 1.807) is 25.1 Å². The van der Waals surface area contributed by atoms with Crippen LogP contribution in [-0.2, 0) is 4.79 Å². The Bertz CT molecular complexity index is 581. The van der Waals surface area contributed by atoms with Crippen LogP contribution in [0.25, 0.3) is 6.08 Å². The fraction of sp³-hybridized carbons (Fsp3) is 0.286. The number of hydrogen-bond acceptors (Lipinski definition) is 4. The minimum Gasteiger partial charge on any atom is -0.504 e. The lowest BCUT2D eigenvalue weighted by Gasteiger charge is -2.08. The minimum absolute atomic E-state index is 0.0566. The van der Waals surface area contributed by atoms with Crippen LogP contribution in [0.1, 0.15) is 19.4 Å². The van der Waals surface area contributed by atoms with Crippen molar-refractivity contribution in [1.82, 2.24) is 10.2 Å². The van der Waals surface area contributed by atoms with E-state index in [1.807, 2.05) is 6.92 Å². The highest BCUT2D eigenvalue weighted by Gasteiger charge is 2.32. The number of imide groups is 1. The molecule has 2 N–H and O–H groups in total. The summed E-state index contributed by atoms with van der Waals surface area (Å²) in [5.74, 6) is -0.122. The van der Waals surface area contributed by atoms with Crippen LogP contribution in [0, 0.1) is 0 Å². The Kier molecular flexibility index (Phi) is 3.93. The summed E-state index contributed by atoms with van der Waals surface area (Å²) in [6, 6.07) is 4.52. The largest absolute Gasteiger partial charge is 0.504 e. The van der Waals surface area contributed by atoms with E-state index in [4.69, 9.17) is 4.74 Å². The van der Waals surface area contributed by atoms with Crippen LogP contribution >= 0.6 is 0 Å². The summed E-state index contributed by atoms with van der Waals surface area (Å²) in [6.07, 6.45) is 1.44. The minimum atomic E-state index is -0.454. The van der Waals surface area contributed by atoms with Gasteiger partial charge >= 0.3 is 6.03 Å². The Balaban J connectivity index is 2.34. The first-order valence-electron chi connectivity index (χ1n) is 6.37. The Morgan fingerprint density at radius 3 is 2.70 bits per heavy atom. The molecule has 0 spiro atoms. The fourth-order valence-electron chi connectivity index (χ4n) is 1.94. The highest BCUT2D eigenvalue weighted by atomic mass is 16.5. The summed E-state index contributed by atoms with van der Waals surface area (Å²) >= 11 is 0. The molecule has 1 aliphatic heterocycles. The molecule has 0 aliphatic carbocycles. The number of amides is 3. The number of likely N-dealkylation sites (N-methyl/N-ethyl adjacent to an activating group) is 1. The number of hydrogen-bond donors (Lipinski definition) is 2. The summed E-state index contributed by atoms with van der Waals surface area (Å²) in [4.78, 5) is 24.6. The maximum Gasteiger partial charge on any atom is 0.328 e. The SMILES string of the molecule is CCOc1cccc(/C=C2\NC(=O)N(CC)C2=O)c1O. The number of phenols is 1. The second-order valence-corrected chi connectivity index (χ2v) is 4.16. The van der Waals surface area contributed by atoms with Crippen LogP contribution in [0.15, 0.2) is 23.9 Å². The summed E-state index contributed by atoms with van der Waals surface area (Å²) in [6.45, 7) is 4.25. The first kappa shape index (κ1) is 13.9. The number of ether oxygens (including phenoxy) is 1. The number of phenolic OH excluding ortho intramolecular Hbond substituents is 1. The molecule has 106 valence electrons. The molecule has 0 bridgehead atoms. The average Bonchev–Trinajstić information content (AvgIpc) is 2.69. The molecule has 1 aliphatic rings. The Morgan fingerprint density at radius 2 is 2.10 bits per heavy atom. The highest BCUT2D eigenvalue weighted by molar-refractivity contribution is 6.14. The molecule has 1 aromatic rings. The van der Waals surface area contributed by atoms with E-state index in [2.05, 4.69) is 5.32 Å². The molecule has 0 saturated carbocycles. The van der Waals surface area contributed by atoms with Crippen molar-refractivity contribution in [1.29, 1.82) is 0 Å². The molecular weight excluding hydrogens is 260 g/mol. The molecule has 6 nitrogen and oxygen atoms in total. The second-order valence-electron chi connectivity index (χ2n) is 4.16. The first-order chi connectivity index (χ1) is 9.58. The molecule has 20 heavy (non-hydrogen) atoms. The van der Waals surface area contributed by atoms with Gasteiger partial charge in [-0.15, -0.1) is 0 Å². The van der Waals surface area contributed by atoms with Gasteiger partial charge in [-0.05, 0) is 26.0 Å². The number of carbonyl (C=O) groups excluding carboxylic acids is 2. The van der Waals surface area contributed by atoms with Crippen molar-refractivity contribution in [2.75, 3.05) is 13.2 Å². The first-order valence-corrected chi connectivity index (χ1v) is 6.37. The molecule has 1 saturated heterocycles. The summed E-state index contributed by atoms with van der Waals surface area (Å²) < 4.78 is 5.27. The number of urea groups is 1. The molecule has 3 amide bonds. The molecule has 1 fully saturated rings. The number of para-hydroxylation sites is 1. The summed E-state index contributed by atoms with van der Waals surface area (Å²) in [5, 5.41) is 12.5. The van der Waals surface area contributed by atoms with Gasteiger partial charge in [0.15, 0.2) is 11.5 Å². The summed E-state index contributed by atoms with van der Waals surface area (Å²) in [7, 11) is 0. The van der Waals surface area contributed by atoms with Crippen LogP contribution < -0.4 is 10.1 Å². The maximum atomic E-state index is 11.9. The number of rotatable bonds is 4. The predicted molar refractivity (Wildman–Crippen MR) is 73.2 cm³/mol. The van der Waals surface area contributed by atoms with Gasteiger partial charge < -0.3 is 15.2 Å². The predicted octanol–water partition coefficient (Wildman–Crippen LogP) is 1.70. The van der Waals surface area contributed by atoms with Gasteiger partial charge in [-0.2, -0.15) is 0 Å². The van der Waals surface area contributed by atoms with E-state index in [9.17, 15) is 14.7 Å². The van der Waals surface area contributed by atoms with E-state index in [0.717, 1.165) is 4.90 Å². The molecule has 0 unspecified atom stereocenters. The van der Waals surface area contributed by atoms with Gasteiger partial charge in [-0.25, -0.2) is 4.79 Å². The standard InChI is InChI=1S/C14H16N2O4/c1-3-16-13(18)10(15-14(16)19)8-9-6-5-7-11(12(9)17)20-4-2/h5-8,17H,3-4H2,1-2H3,(H,15,19)/b10-8-. The molecule has 0 aromatic heterocycles. The van der Waals surface area contributed by atoms with Crippen molar-refractivity contribution in [3.05, 3.63) is 29.5 Å². The lowest BCUT2D eigenvalue weighted by atomic mass is 10.1. The average molecular weight is 276 g/mol. The highest BCUT2D eigenvalue weighted by Crippen LogP contribution is 2.31. The molecular formula is C14H16N2O4. The Morgan fingerprint density at radius 1 is 1.35 bits per heavy atom. The van der Waals surface area contributed by atoms with Crippen LogP contribution in [-0.4, -0.2) is 35.1 Å². The second kappa shape index (κ2) is 5.64. The molecule has 2 rings (SSSR count). The smallest absolute Gasteiger partial charge is 0.328 e. The van der Waals surface area contributed by atoms with E-state index in [1.165, 1.54) is 6.08 Å². The van der Waals surface area contributed by atoms with Gasteiger partial charge in [-0.1, -0.05) is 12.1 Å². The van der Waals surface area contributed by atoms with Crippen molar-refractivity contribution in [2.45, 2.75) is 13.8 Å². The molecule has 6 heteroatoms. The van der Waals surface area contributed by atoms with E-state index in [0.29, 0.717) is 24.5 Å². The Labute approximate surface area is 116 Å². The van der Waals surface area contributed by atoms with Gasteiger partial charge in [0.1, 0.15) is 5.70 Å². The van der Waals surface area contributed by atoms with E-state index < -0.39 is 11.9 Å². The number of benzene rings is 1. The third kappa shape index (κ3) is 2.45. The zero-order valence-electron chi connectivity index (χ0n) is 11.3. The fourth-order valence-corrected chi connectivity index (χ4v) is 1.94. The molecule has 0 atom stereocenters. The number of nitrogens with one attached hydrogen (secondary N) is 1. The van der Waals surface area contributed by atoms with E-state index in [-0.39, 0.29) is 11.4 Å². The lowest BCUT2D eigenvalue weighted by Crippen LogP contribution is -2.30. The molecule has 1 aromatic carbocycles. The molecule has 1 heterocycles. The maximum absolute atomic E-state index is 11.9. The molecule has 0 radical (unpaired) electrons. The third-order valence-corrected chi connectivity index (χ3v) is 2.91. The zero-order chi connectivity index (χ0) is 14.7. The van der Waals surface area contributed by atoms with Gasteiger partial charge in [0.25, 0.3) is 5.91 Å². The normalized spacial score (nSPS) is 16.7. The summed E-state index contributed by atoms with van der Waals surface area (Å²) in [5.41, 5.74) is 0.554. The topological polar surface area (TPSA) is 78.9 Å². The van der Waals surface area contributed by atoms with Gasteiger partial charge in [0, 0.05) is 12.1 Å². The zero-order valence-corrected chi connectivity index (χ0v) is 11.3. The number of carbonyl (C=O) groups is 2. The van der Waals surface area contributed by atoms with Crippen molar-refractivity contribution < 1.29 is 19.4 Å². The Hall–Kier alpha value is -2.50. The number of nitrogens with zero attached hydrogens (tertiary/aromatic N) is 1. The van der Waals surface area contributed by atoms with Crippen molar-refractivity contribution in [3.8, 4) is 11.5 Å². The van der Waals surface area contributed by atoms with Crippen molar-refractivity contribution >= 4 is 18.0 Å². The van der Waals surface area contributed by atoms with Gasteiger partial charge in [-0.3, -0.25) is 9.69 Å². The van der Waals surface area contributed by atoms with Crippen LogP contribution in [0.4, 0.5) is 4.79 Å². The van der Waals surface area contributed by atoms with Gasteiger partial charge in [0.2, 0.25) is 0 Å². The van der Waals surface area contributed by atoms with Crippen LogP contribution in [0.3, 0.4) is 0 Å². The third-order valence-electron chi connectivity index (χ3n) is 2.91. The van der Waals surface area contributed by atoms with E-state index >= 15 is 0 Å². The number of aromatic hydroxyl groups is 1.